The van der Waals surface area contributed by atoms with E-state index in [4.69, 9.17) is 5.73 Å². The minimum atomic E-state index is -0.957. The Morgan fingerprint density at radius 3 is 2.68 bits per heavy atom. The standard InChI is InChI=1S/C17H26N6O2/c1-16(2,3)17(21-15(24)25)6-4-11(5-7-17)20-13-10-12(18)14-19-8-9-23(14)22-13/h8-11,21H,4-7,18H2,1-3H3,(H,20,22)(H,24,25). The summed E-state index contributed by atoms with van der Waals surface area (Å²) in [6.45, 7) is 6.27. The first-order chi connectivity index (χ1) is 11.7. The van der Waals surface area contributed by atoms with E-state index >= 15 is 0 Å². The van der Waals surface area contributed by atoms with E-state index in [1.165, 1.54) is 0 Å². The molecule has 0 atom stereocenters. The Morgan fingerprint density at radius 1 is 1.40 bits per heavy atom. The van der Waals surface area contributed by atoms with Gasteiger partial charge in [0.2, 0.25) is 0 Å². The van der Waals surface area contributed by atoms with Crippen molar-refractivity contribution in [2.45, 2.75) is 58.0 Å². The molecular formula is C17H26N6O2. The third-order valence-corrected chi connectivity index (χ3v) is 5.36. The summed E-state index contributed by atoms with van der Waals surface area (Å²) in [6, 6.07) is 2.03. The van der Waals surface area contributed by atoms with Crippen molar-refractivity contribution in [3.63, 3.8) is 0 Å². The van der Waals surface area contributed by atoms with Crippen molar-refractivity contribution in [3.05, 3.63) is 18.5 Å². The molecule has 0 saturated heterocycles. The van der Waals surface area contributed by atoms with Crippen molar-refractivity contribution in [1.29, 1.82) is 0 Å². The molecule has 8 nitrogen and oxygen atoms in total. The number of nitrogens with zero attached hydrogens (tertiary/aromatic N) is 3. The highest BCUT2D eigenvalue weighted by Crippen LogP contribution is 2.42. The first kappa shape index (κ1) is 17.3. The van der Waals surface area contributed by atoms with Gasteiger partial charge in [-0.2, -0.15) is 0 Å². The quantitative estimate of drug-likeness (QED) is 0.679. The zero-order chi connectivity index (χ0) is 18.2. The van der Waals surface area contributed by atoms with Crippen molar-refractivity contribution in [2.24, 2.45) is 5.41 Å². The highest BCUT2D eigenvalue weighted by molar-refractivity contribution is 5.67. The molecule has 1 amide bonds. The maximum atomic E-state index is 11.3. The van der Waals surface area contributed by atoms with Crippen LogP contribution < -0.4 is 16.4 Å². The summed E-state index contributed by atoms with van der Waals surface area (Å²) in [5.41, 5.74) is 6.70. The molecule has 0 radical (unpaired) electrons. The fourth-order valence-electron chi connectivity index (χ4n) is 3.74. The van der Waals surface area contributed by atoms with Crippen LogP contribution >= 0.6 is 0 Å². The minimum absolute atomic E-state index is 0.144. The first-order valence-electron chi connectivity index (χ1n) is 8.58. The Morgan fingerprint density at radius 2 is 2.08 bits per heavy atom. The lowest BCUT2D eigenvalue weighted by molar-refractivity contribution is 0.0804. The summed E-state index contributed by atoms with van der Waals surface area (Å²) in [5.74, 6) is 0.711. The molecule has 1 fully saturated rings. The lowest BCUT2D eigenvalue weighted by atomic mass is 9.64. The van der Waals surface area contributed by atoms with E-state index < -0.39 is 11.6 Å². The van der Waals surface area contributed by atoms with Gasteiger partial charge < -0.3 is 21.5 Å². The number of rotatable bonds is 3. The van der Waals surface area contributed by atoms with Gasteiger partial charge in [0.1, 0.15) is 5.82 Å². The second-order valence-electron chi connectivity index (χ2n) is 7.86. The van der Waals surface area contributed by atoms with Crippen LogP contribution in [0.1, 0.15) is 46.5 Å². The zero-order valence-corrected chi connectivity index (χ0v) is 14.9. The zero-order valence-electron chi connectivity index (χ0n) is 14.9. The van der Waals surface area contributed by atoms with Crippen LogP contribution in [-0.2, 0) is 0 Å². The number of imidazole rings is 1. The van der Waals surface area contributed by atoms with Gasteiger partial charge in [0.15, 0.2) is 5.65 Å². The molecule has 1 saturated carbocycles. The number of anilines is 2. The summed E-state index contributed by atoms with van der Waals surface area (Å²) in [6.07, 6.45) is 5.76. The summed E-state index contributed by atoms with van der Waals surface area (Å²) in [7, 11) is 0. The van der Waals surface area contributed by atoms with Gasteiger partial charge in [-0.1, -0.05) is 20.8 Å². The Balaban J connectivity index is 1.71. The van der Waals surface area contributed by atoms with Crippen LogP contribution in [0.5, 0.6) is 0 Å². The number of nitrogen functional groups attached to an aromatic ring is 1. The number of hydrogen-bond donors (Lipinski definition) is 4. The topological polar surface area (TPSA) is 118 Å². The molecule has 25 heavy (non-hydrogen) atoms. The van der Waals surface area contributed by atoms with Crippen LogP contribution in [-0.4, -0.2) is 37.4 Å². The molecule has 0 bridgehead atoms. The fraction of sp³-hybridized carbons (Fsp3) is 0.588. The monoisotopic (exact) mass is 346 g/mol. The van der Waals surface area contributed by atoms with Crippen molar-refractivity contribution < 1.29 is 9.90 Å². The van der Waals surface area contributed by atoms with E-state index in [1.54, 1.807) is 23.0 Å². The summed E-state index contributed by atoms with van der Waals surface area (Å²) >= 11 is 0. The van der Waals surface area contributed by atoms with Gasteiger partial charge in [-0.3, -0.25) is 0 Å². The van der Waals surface area contributed by atoms with Gasteiger partial charge in [-0.05, 0) is 31.1 Å². The van der Waals surface area contributed by atoms with Gasteiger partial charge >= 0.3 is 6.09 Å². The van der Waals surface area contributed by atoms with Crippen molar-refractivity contribution in [3.8, 4) is 0 Å². The molecule has 8 heteroatoms. The number of carboxylic acid groups (broad SMARTS) is 1. The van der Waals surface area contributed by atoms with Crippen molar-refractivity contribution in [1.82, 2.24) is 19.9 Å². The number of fused-ring (bicyclic) bond motifs is 1. The predicted octanol–water partition coefficient (Wildman–Crippen LogP) is 2.72. The highest BCUT2D eigenvalue weighted by Gasteiger charge is 2.45. The number of nitrogens with one attached hydrogen (secondary N) is 2. The molecular weight excluding hydrogens is 320 g/mol. The van der Waals surface area contributed by atoms with Crippen LogP contribution in [0.4, 0.5) is 16.3 Å². The van der Waals surface area contributed by atoms with Crippen LogP contribution in [0.15, 0.2) is 18.5 Å². The molecule has 5 N–H and O–H groups in total. The SMILES string of the molecule is CC(C)(C)C1(NC(=O)O)CCC(Nc2cc(N)c3nccn3n2)CC1. The molecule has 0 aliphatic heterocycles. The Hall–Kier alpha value is -2.51. The van der Waals surface area contributed by atoms with Gasteiger partial charge in [0, 0.05) is 30.0 Å². The molecule has 2 aromatic rings. The molecule has 1 aliphatic carbocycles. The average molecular weight is 346 g/mol. The number of nitrogens with two attached hydrogens (primary N) is 1. The number of carbonyl (C=O) groups is 1. The van der Waals surface area contributed by atoms with E-state index in [1.807, 2.05) is 0 Å². The molecule has 3 rings (SSSR count). The van der Waals surface area contributed by atoms with Crippen LogP contribution in [0.3, 0.4) is 0 Å². The van der Waals surface area contributed by atoms with Crippen LogP contribution in [0, 0.1) is 5.41 Å². The largest absolute Gasteiger partial charge is 0.465 e. The first-order valence-corrected chi connectivity index (χ1v) is 8.58. The Kier molecular flexibility index (Phi) is 4.22. The smallest absolute Gasteiger partial charge is 0.405 e. The van der Waals surface area contributed by atoms with E-state index in [2.05, 4.69) is 41.5 Å². The summed E-state index contributed by atoms with van der Waals surface area (Å²) in [5, 5.41) is 19.9. The molecule has 0 spiro atoms. The second kappa shape index (κ2) is 6.09. The van der Waals surface area contributed by atoms with Gasteiger partial charge in [-0.15, -0.1) is 5.10 Å². The molecule has 0 unspecified atom stereocenters. The third kappa shape index (κ3) is 3.33. The van der Waals surface area contributed by atoms with E-state index in [9.17, 15) is 9.90 Å². The van der Waals surface area contributed by atoms with Gasteiger partial charge in [0.05, 0.1) is 5.69 Å². The Labute approximate surface area is 146 Å². The van der Waals surface area contributed by atoms with Crippen molar-refractivity contribution >= 4 is 23.2 Å². The molecule has 2 heterocycles. The predicted molar refractivity (Wildman–Crippen MR) is 96.6 cm³/mol. The summed E-state index contributed by atoms with van der Waals surface area (Å²) in [4.78, 5) is 15.4. The lowest BCUT2D eigenvalue weighted by Crippen LogP contribution is -2.59. The van der Waals surface area contributed by atoms with Gasteiger partial charge in [-0.25, -0.2) is 14.3 Å². The fourth-order valence-corrected chi connectivity index (χ4v) is 3.74. The van der Waals surface area contributed by atoms with Crippen LogP contribution in [0.25, 0.3) is 5.65 Å². The average Bonchev–Trinajstić information content (AvgIpc) is 2.96. The molecule has 0 aromatic carbocycles. The molecule has 1 aliphatic rings. The third-order valence-electron chi connectivity index (χ3n) is 5.36. The number of aromatic nitrogens is 3. The number of hydrogen-bond acceptors (Lipinski definition) is 5. The van der Waals surface area contributed by atoms with E-state index in [-0.39, 0.29) is 11.5 Å². The van der Waals surface area contributed by atoms with E-state index in [0.29, 0.717) is 17.2 Å². The maximum absolute atomic E-state index is 11.3. The lowest BCUT2D eigenvalue weighted by Gasteiger charge is -2.49. The molecule has 2 aromatic heterocycles. The maximum Gasteiger partial charge on any atom is 0.405 e. The second-order valence-corrected chi connectivity index (χ2v) is 7.86. The molecule has 136 valence electrons. The van der Waals surface area contributed by atoms with Gasteiger partial charge in [0.25, 0.3) is 0 Å². The normalized spacial score (nSPS) is 24.2. The Bertz CT molecular complexity index is 771. The minimum Gasteiger partial charge on any atom is -0.465 e. The highest BCUT2D eigenvalue weighted by atomic mass is 16.4. The van der Waals surface area contributed by atoms with Crippen molar-refractivity contribution in [2.75, 3.05) is 11.1 Å². The van der Waals surface area contributed by atoms with Crippen LogP contribution in [0.2, 0.25) is 0 Å². The number of amides is 1. The summed E-state index contributed by atoms with van der Waals surface area (Å²) < 4.78 is 1.66. The van der Waals surface area contributed by atoms with E-state index in [0.717, 1.165) is 25.7 Å².